The second kappa shape index (κ2) is 5.83. The van der Waals surface area contributed by atoms with E-state index in [0.717, 1.165) is 23.9 Å². The van der Waals surface area contributed by atoms with Crippen LogP contribution in [0.15, 0.2) is 30.3 Å². The number of nitrogens with zero attached hydrogens (tertiary/aromatic N) is 2. The van der Waals surface area contributed by atoms with Crippen molar-refractivity contribution in [3.63, 3.8) is 0 Å². The van der Waals surface area contributed by atoms with Crippen LogP contribution in [0.25, 0.3) is 0 Å². The van der Waals surface area contributed by atoms with Gasteiger partial charge in [-0.2, -0.15) is 0 Å². The number of nitrogens with one attached hydrogen (secondary N) is 1. The van der Waals surface area contributed by atoms with Gasteiger partial charge in [0.05, 0.1) is 0 Å². The van der Waals surface area contributed by atoms with Gasteiger partial charge in [-0.1, -0.05) is 43.7 Å². The van der Waals surface area contributed by atoms with Crippen LogP contribution in [0, 0.1) is 13.8 Å². The number of aryl methyl sites for hydroxylation is 2. The van der Waals surface area contributed by atoms with Crippen LogP contribution in [0.5, 0.6) is 0 Å². The van der Waals surface area contributed by atoms with Gasteiger partial charge in [-0.3, -0.25) is 0 Å². The Labute approximate surface area is 115 Å². The largest absolute Gasteiger partial charge is 0.366 e. The summed E-state index contributed by atoms with van der Waals surface area (Å²) in [6, 6.07) is 10.5. The molecule has 0 saturated carbocycles. The molecule has 1 heterocycles. The molecule has 1 N–H and O–H groups in total. The van der Waals surface area contributed by atoms with Crippen LogP contribution in [0.2, 0.25) is 0 Å². The van der Waals surface area contributed by atoms with Gasteiger partial charge >= 0.3 is 0 Å². The van der Waals surface area contributed by atoms with Crippen molar-refractivity contribution in [2.75, 3.05) is 5.32 Å². The van der Waals surface area contributed by atoms with Crippen molar-refractivity contribution in [3.05, 3.63) is 53.0 Å². The first-order chi connectivity index (χ1) is 9.04. The minimum absolute atomic E-state index is 0.347. The van der Waals surface area contributed by atoms with Crippen LogP contribution < -0.4 is 5.32 Å². The fourth-order valence-electron chi connectivity index (χ4n) is 1.84. The van der Waals surface area contributed by atoms with E-state index >= 15 is 0 Å². The second-order valence-electron chi connectivity index (χ2n) is 5.25. The summed E-state index contributed by atoms with van der Waals surface area (Å²) in [6.07, 6.45) is 0. The quantitative estimate of drug-likeness (QED) is 0.902. The van der Waals surface area contributed by atoms with E-state index in [-0.39, 0.29) is 0 Å². The highest BCUT2D eigenvalue weighted by Crippen LogP contribution is 2.14. The predicted octanol–water partition coefficient (Wildman–Crippen LogP) is 3.83. The topological polar surface area (TPSA) is 37.8 Å². The number of anilines is 1. The summed E-state index contributed by atoms with van der Waals surface area (Å²) in [7, 11) is 0. The van der Waals surface area contributed by atoms with Gasteiger partial charge in [-0.15, -0.1) is 0 Å². The van der Waals surface area contributed by atoms with E-state index in [1.165, 1.54) is 11.1 Å². The van der Waals surface area contributed by atoms with Gasteiger partial charge in [0.1, 0.15) is 11.6 Å². The second-order valence-corrected chi connectivity index (χ2v) is 5.25. The molecule has 0 bridgehead atoms. The normalized spacial score (nSPS) is 10.8. The molecule has 0 amide bonds. The zero-order chi connectivity index (χ0) is 13.8. The summed E-state index contributed by atoms with van der Waals surface area (Å²) in [5, 5.41) is 3.37. The van der Waals surface area contributed by atoms with Crippen molar-refractivity contribution in [1.82, 2.24) is 9.97 Å². The molecule has 0 unspecified atom stereocenters. The molecule has 0 spiro atoms. The summed E-state index contributed by atoms with van der Waals surface area (Å²) < 4.78 is 0. The lowest BCUT2D eigenvalue weighted by atomic mass is 10.1. The Morgan fingerprint density at radius 1 is 1.05 bits per heavy atom. The number of aromatic nitrogens is 2. The molecule has 3 nitrogen and oxygen atoms in total. The van der Waals surface area contributed by atoms with E-state index in [1.807, 2.05) is 13.0 Å². The smallest absolute Gasteiger partial charge is 0.133 e. The molecule has 0 aliphatic carbocycles. The average molecular weight is 255 g/mol. The lowest BCUT2D eigenvalue weighted by Gasteiger charge is -2.10. The Morgan fingerprint density at radius 3 is 2.37 bits per heavy atom. The molecule has 0 fully saturated rings. The minimum atomic E-state index is 0.347. The molecular weight excluding hydrogens is 234 g/mol. The maximum absolute atomic E-state index is 4.54. The third kappa shape index (κ3) is 3.78. The Kier molecular flexibility index (Phi) is 4.15. The van der Waals surface area contributed by atoms with Crippen LogP contribution in [0.4, 0.5) is 5.82 Å². The molecule has 0 aliphatic heterocycles. The van der Waals surface area contributed by atoms with Crippen molar-refractivity contribution in [3.8, 4) is 0 Å². The van der Waals surface area contributed by atoms with Crippen molar-refractivity contribution >= 4 is 5.82 Å². The lowest BCUT2D eigenvalue weighted by molar-refractivity contribution is 0.766. The SMILES string of the molecule is Cc1ccc(CNc2cc(C)nc(C(C)C)n2)cc1. The van der Waals surface area contributed by atoms with Gasteiger partial charge in [0.25, 0.3) is 0 Å². The molecular formula is C16H21N3. The Bertz CT molecular complexity index is 544. The van der Waals surface area contributed by atoms with E-state index in [0.29, 0.717) is 5.92 Å². The number of rotatable bonds is 4. The fourth-order valence-corrected chi connectivity index (χ4v) is 1.84. The van der Waals surface area contributed by atoms with Crippen LogP contribution in [0.3, 0.4) is 0 Å². The first kappa shape index (κ1) is 13.5. The molecule has 0 saturated heterocycles. The molecule has 2 rings (SSSR count). The van der Waals surface area contributed by atoms with E-state index in [9.17, 15) is 0 Å². The summed E-state index contributed by atoms with van der Waals surface area (Å²) in [5.74, 6) is 2.14. The van der Waals surface area contributed by atoms with Crippen LogP contribution in [0.1, 0.15) is 42.4 Å². The summed E-state index contributed by atoms with van der Waals surface area (Å²) >= 11 is 0. The Hall–Kier alpha value is -1.90. The van der Waals surface area contributed by atoms with Gasteiger partial charge in [-0.25, -0.2) is 9.97 Å². The van der Waals surface area contributed by atoms with Gasteiger partial charge in [0.2, 0.25) is 0 Å². The molecule has 2 aromatic rings. The third-order valence-electron chi connectivity index (χ3n) is 2.98. The monoisotopic (exact) mass is 255 g/mol. The first-order valence-electron chi connectivity index (χ1n) is 6.69. The van der Waals surface area contributed by atoms with Crippen LogP contribution in [-0.4, -0.2) is 9.97 Å². The predicted molar refractivity (Wildman–Crippen MR) is 79.4 cm³/mol. The number of hydrogen-bond acceptors (Lipinski definition) is 3. The molecule has 0 atom stereocenters. The van der Waals surface area contributed by atoms with Gasteiger partial charge < -0.3 is 5.32 Å². The zero-order valence-electron chi connectivity index (χ0n) is 12.1. The molecule has 1 aromatic carbocycles. The van der Waals surface area contributed by atoms with Crippen molar-refractivity contribution in [2.45, 2.75) is 40.2 Å². The Balaban J connectivity index is 2.08. The van der Waals surface area contributed by atoms with E-state index in [4.69, 9.17) is 0 Å². The molecule has 1 aromatic heterocycles. The summed E-state index contributed by atoms with van der Waals surface area (Å²) in [4.78, 5) is 8.99. The fraction of sp³-hybridized carbons (Fsp3) is 0.375. The van der Waals surface area contributed by atoms with Crippen molar-refractivity contribution < 1.29 is 0 Å². The summed E-state index contributed by atoms with van der Waals surface area (Å²) in [6.45, 7) is 9.11. The van der Waals surface area contributed by atoms with Crippen molar-refractivity contribution in [1.29, 1.82) is 0 Å². The van der Waals surface area contributed by atoms with Crippen molar-refractivity contribution in [2.24, 2.45) is 0 Å². The maximum atomic E-state index is 4.54. The summed E-state index contributed by atoms with van der Waals surface area (Å²) in [5.41, 5.74) is 3.54. The van der Waals surface area contributed by atoms with Crippen LogP contribution in [-0.2, 0) is 6.54 Å². The highest BCUT2D eigenvalue weighted by molar-refractivity contribution is 5.37. The third-order valence-corrected chi connectivity index (χ3v) is 2.98. The highest BCUT2D eigenvalue weighted by atomic mass is 15.0. The Morgan fingerprint density at radius 2 is 1.74 bits per heavy atom. The van der Waals surface area contributed by atoms with Crippen LogP contribution >= 0.6 is 0 Å². The zero-order valence-corrected chi connectivity index (χ0v) is 12.1. The molecule has 0 radical (unpaired) electrons. The van der Waals surface area contributed by atoms with E-state index in [1.54, 1.807) is 0 Å². The number of benzene rings is 1. The molecule has 3 heteroatoms. The average Bonchev–Trinajstić information content (AvgIpc) is 2.37. The standard InChI is InChI=1S/C16H21N3/c1-11(2)16-18-13(4)9-15(19-16)17-10-14-7-5-12(3)6-8-14/h5-9,11H,10H2,1-4H3,(H,17,18,19). The number of hydrogen-bond donors (Lipinski definition) is 1. The van der Waals surface area contributed by atoms with Gasteiger partial charge in [0, 0.05) is 24.2 Å². The molecule has 0 aliphatic rings. The maximum Gasteiger partial charge on any atom is 0.133 e. The first-order valence-corrected chi connectivity index (χ1v) is 6.69. The highest BCUT2D eigenvalue weighted by Gasteiger charge is 2.05. The molecule has 100 valence electrons. The lowest BCUT2D eigenvalue weighted by Crippen LogP contribution is -2.06. The van der Waals surface area contributed by atoms with E-state index in [2.05, 4.69) is 60.3 Å². The molecule has 19 heavy (non-hydrogen) atoms. The van der Waals surface area contributed by atoms with Gasteiger partial charge in [-0.05, 0) is 19.4 Å². The minimum Gasteiger partial charge on any atom is -0.366 e. The van der Waals surface area contributed by atoms with E-state index < -0.39 is 0 Å². The van der Waals surface area contributed by atoms with Gasteiger partial charge in [0.15, 0.2) is 0 Å².